The Kier molecular flexibility index (Phi) is 14.9. The number of alkyl halides is 1. The Morgan fingerprint density at radius 2 is 1.59 bits per heavy atom. The van der Waals surface area contributed by atoms with Crippen LogP contribution in [-0.4, -0.2) is 19.6 Å². The molecule has 0 amide bonds. The standard InChI is InChI=1S/C5H6ClNO.C5H7NO2.C2H6.Cl2OS/c1-4-2-5(3-6)7-8-4;1-4-2-5(3-7)6-8-4;1-2;1-4(2)3/h2H,3H2,1H3;2,7H,3H2,1H3;1-2H3;/i;;1D;. The Labute approximate surface area is 147 Å². The van der Waals surface area contributed by atoms with Gasteiger partial charge in [0.2, 0.25) is 9.23 Å². The molecular weight excluding hydrogens is 375 g/mol. The molecule has 0 aromatic carbocycles. The molecule has 0 aliphatic heterocycles. The average Bonchev–Trinajstić information content (AvgIpc) is 3.08. The Morgan fingerprint density at radius 3 is 1.73 bits per heavy atom. The molecule has 2 heterocycles. The molecule has 6 nitrogen and oxygen atoms in total. The molecule has 22 heavy (non-hydrogen) atoms. The Bertz CT molecular complexity index is 496. The fourth-order valence-corrected chi connectivity index (χ4v) is 1.10. The van der Waals surface area contributed by atoms with Gasteiger partial charge in [0.15, 0.2) is 0 Å². The molecule has 0 aliphatic rings. The third-order valence-electron chi connectivity index (χ3n) is 1.65. The normalized spacial score (nSPS) is 9.55. The van der Waals surface area contributed by atoms with Crippen LogP contribution in [0.3, 0.4) is 0 Å². The van der Waals surface area contributed by atoms with E-state index >= 15 is 0 Å². The van der Waals surface area contributed by atoms with Gasteiger partial charge in [0, 0.05) is 34.9 Å². The van der Waals surface area contributed by atoms with Gasteiger partial charge in [-0.05, 0) is 13.8 Å². The van der Waals surface area contributed by atoms with Crippen LogP contribution in [0.4, 0.5) is 0 Å². The number of rotatable bonds is 2. The van der Waals surface area contributed by atoms with E-state index in [1.165, 1.54) is 0 Å². The highest BCUT2D eigenvalue weighted by molar-refractivity contribution is 8.26. The third-order valence-corrected chi connectivity index (χ3v) is 1.93. The molecule has 0 radical (unpaired) electrons. The Morgan fingerprint density at radius 1 is 1.23 bits per heavy atom. The Hall–Kier alpha value is -0.600. The summed E-state index contributed by atoms with van der Waals surface area (Å²) in [6.07, 6.45) is 0. The molecule has 0 saturated carbocycles. The SMILES string of the molecule is Cc1cc(CCl)no1.Cc1cc(CO)no1.O=S(Cl)Cl.[2H]CC. The van der Waals surface area contributed by atoms with Crippen LogP contribution in [0, 0.1) is 13.8 Å². The second-order valence-corrected chi connectivity index (χ2v) is 6.13. The molecule has 0 aliphatic carbocycles. The van der Waals surface area contributed by atoms with Gasteiger partial charge in [-0.2, -0.15) is 0 Å². The first-order valence-electron chi connectivity index (χ1n) is 6.56. The minimum Gasteiger partial charge on any atom is -0.390 e. The zero-order chi connectivity index (χ0) is 18.3. The van der Waals surface area contributed by atoms with Crippen LogP contribution in [0.5, 0.6) is 0 Å². The third kappa shape index (κ3) is 14.3. The molecule has 2 aromatic rings. The molecule has 0 saturated heterocycles. The van der Waals surface area contributed by atoms with E-state index in [0.29, 0.717) is 18.5 Å². The Balaban J connectivity index is 0. The van der Waals surface area contributed by atoms with E-state index in [2.05, 4.69) is 36.2 Å². The van der Waals surface area contributed by atoms with Crippen LogP contribution in [0.2, 0.25) is 0 Å². The number of aryl methyl sites for hydroxylation is 2. The second-order valence-electron chi connectivity index (χ2n) is 3.33. The van der Waals surface area contributed by atoms with Crippen molar-refractivity contribution in [1.29, 1.82) is 0 Å². The van der Waals surface area contributed by atoms with Crippen molar-refractivity contribution in [3.05, 3.63) is 35.0 Å². The van der Waals surface area contributed by atoms with Gasteiger partial charge in [-0.1, -0.05) is 24.1 Å². The summed E-state index contributed by atoms with van der Waals surface area (Å²) >= 11 is 5.42. The van der Waals surface area contributed by atoms with Crippen molar-refractivity contribution in [1.82, 2.24) is 10.3 Å². The van der Waals surface area contributed by atoms with Crippen LogP contribution in [0.1, 0.15) is 38.1 Å². The molecule has 0 bridgehead atoms. The molecule has 0 spiro atoms. The minimum atomic E-state index is -1.67. The molecule has 10 heteroatoms. The van der Waals surface area contributed by atoms with Gasteiger partial charge in [0.1, 0.15) is 17.2 Å². The molecule has 0 unspecified atom stereocenters. The average molecular weight is 395 g/mol. The van der Waals surface area contributed by atoms with Crippen molar-refractivity contribution < 1.29 is 19.7 Å². The number of halogens is 3. The maximum Gasteiger partial charge on any atom is 0.211 e. The zero-order valence-electron chi connectivity index (χ0n) is 13.4. The number of hydrogen-bond acceptors (Lipinski definition) is 6. The van der Waals surface area contributed by atoms with Crippen LogP contribution < -0.4 is 0 Å². The molecule has 2 rings (SSSR count). The molecule has 0 atom stereocenters. The van der Waals surface area contributed by atoms with Crippen LogP contribution in [-0.2, 0) is 21.7 Å². The van der Waals surface area contributed by atoms with Gasteiger partial charge in [0.25, 0.3) is 0 Å². The maximum atomic E-state index is 9.09. The largest absolute Gasteiger partial charge is 0.390 e. The van der Waals surface area contributed by atoms with Gasteiger partial charge < -0.3 is 14.2 Å². The van der Waals surface area contributed by atoms with Gasteiger partial charge in [-0.15, -0.1) is 11.6 Å². The summed E-state index contributed by atoms with van der Waals surface area (Å²) in [6, 6.07) is 3.51. The smallest absolute Gasteiger partial charge is 0.211 e. The lowest BCUT2D eigenvalue weighted by atomic mass is 10.4. The molecule has 0 fully saturated rings. The van der Waals surface area contributed by atoms with E-state index in [1.807, 2.05) is 13.0 Å². The number of aliphatic hydroxyl groups excluding tert-OH is 1. The molecule has 128 valence electrons. The molecule has 2 aromatic heterocycles. The summed E-state index contributed by atoms with van der Waals surface area (Å²) in [4.78, 5) is 0. The van der Waals surface area contributed by atoms with E-state index < -0.39 is 9.23 Å². The number of hydrogen-bond donors (Lipinski definition) is 1. The van der Waals surface area contributed by atoms with Crippen LogP contribution in [0.15, 0.2) is 21.2 Å². The maximum absolute atomic E-state index is 9.09. The lowest BCUT2D eigenvalue weighted by Crippen LogP contribution is -1.78. The minimum absolute atomic E-state index is 0.0443. The zero-order valence-corrected chi connectivity index (χ0v) is 15.5. The molecular formula is C12H19Cl3N2O4S. The lowest BCUT2D eigenvalue weighted by Gasteiger charge is -1.75. The van der Waals surface area contributed by atoms with Crippen molar-refractivity contribution >= 4 is 42.2 Å². The van der Waals surface area contributed by atoms with Crippen molar-refractivity contribution in [2.24, 2.45) is 0 Å². The van der Waals surface area contributed by atoms with Gasteiger partial charge in [-0.25, -0.2) is 4.21 Å². The van der Waals surface area contributed by atoms with E-state index in [4.69, 9.17) is 26.8 Å². The van der Waals surface area contributed by atoms with Crippen molar-refractivity contribution in [2.45, 2.75) is 40.2 Å². The summed E-state index contributed by atoms with van der Waals surface area (Å²) in [5.74, 6) is 1.96. The van der Waals surface area contributed by atoms with E-state index in [0.717, 1.165) is 17.2 Å². The summed E-state index contributed by atoms with van der Waals surface area (Å²) in [5.41, 5.74) is 1.38. The first kappa shape index (κ1) is 21.4. The van der Waals surface area contributed by atoms with Gasteiger partial charge >= 0.3 is 0 Å². The quantitative estimate of drug-likeness (QED) is 0.604. The predicted molar refractivity (Wildman–Crippen MR) is 89.2 cm³/mol. The first-order chi connectivity index (χ1) is 10.8. The topological polar surface area (TPSA) is 89.4 Å². The molecule has 1 N–H and O–H groups in total. The predicted octanol–water partition coefficient (Wildman–Crippen LogP) is 4.27. The summed E-state index contributed by atoms with van der Waals surface area (Å²) < 4.78 is 24.7. The van der Waals surface area contributed by atoms with Crippen molar-refractivity contribution in [3.63, 3.8) is 0 Å². The van der Waals surface area contributed by atoms with Gasteiger partial charge in [0.05, 0.1) is 18.2 Å². The fourth-order valence-electron chi connectivity index (χ4n) is 0.973. The fraction of sp³-hybridized carbons (Fsp3) is 0.500. The summed E-state index contributed by atoms with van der Waals surface area (Å²) in [6.45, 7) is 5.87. The number of nitrogens with zero attached hydrogens (tertiary/aromatic N) is 2. The number of aromatic nitrogens is 2. The summed E-state index contributed by atoms with van der Waals surface area (Å²) in [7, 11) is 7.36. The lowest BCUT2D eigenvalue weighted by molar-refractivity contribution is 0.265. The van der Waals surface area contributed by atoms with E-state index in [9.17, 15) is 0 Å². The first-order valence-corrected chi connectivity index (χ1v) is 9.18. The van der Waals surface area contributed by atoms with Gasteiger partial charge in [-0.3, -0.25) is 0 Å². The highest BCUT2D eigenvalue weighted by Gasteiger charge is 1.95. The second kappa shape index (κ2) is 15.3. The monoisotopic (exact) mass is 393 g/mol. The van der Waals surface area contributed by atoms with Crippen LogP contribution >= 0.6 is 33.0 Å². The number of aliphatic hydroxyl groups is 1. The highest BCUT2D eigenvalue weighted by atomic mass is 36.0. The van der Waals surface area contributed by atoms with E-state index in [-0.39, 0.29) is 6.61 Å². The highest BCUT2D eigenvalue weighted by Crippen LogP contribution is 2.03. The van der Waals surface area contributed by atoms with Crippen molar-refractivity contribution in [3.8, 4) is 0 Å². The van der Waals surface area contributed by atoms with Crippen LogP contribution in [0.25, 0.3) is 0 Å². The van der Waals surface area contributed by atoms with Crippen molar-refractivity contribution in [2.75, 3.05) is 0 Å². The summed E-state index contributed by atoms with van der Waals surface area (Å²) in [5, 5.41) is 15.6. The van der Waals surface area contributed by atoms with E-state index in [1.54, 1.807) is 19.9 Å².